The van der Waals surface area contributed by atoms with Crippen molar-refractivity contribution in [1.82, 2.24) is 9.97 Å². The number of aromatic amines is 1. The first-order valence-corrected chi connectivity index (χ1v) is 9.18. The minimum absolute atomic E-state index is 0.0631. The lowest BCUT2D eigenvalue weighted by atomic mass is 9.97. The molecule has 4 rings (SSSR count). The van der Waals surface area contributed by atoms with Crippen LogP contribution in [0.15, 0.2) is 42.7 Å². The maximum absolute atomic E-state index is 14.8. The topological polar surface area (TPSA) is 58.2 Å². The molecule has 0 aliphatic carbocycles. The summed E-state index contributed by atoms with van der Waals surface area (Å²) in [5.41, 5.74) is 1.95. The zero-order valence-electron chi connectivity index (χ0n) is 15.7. The molecule has 28 heavy (non-hydrogen) atoms. The smallest absolute Gasteiger partial charge is 0.415 e. The maximum atomic E-state index is 14.8. The highest BCUT2D eigenvalue weighted by atomic mass is 19.1. The van der Waals surface area contributed by atoms with E-state index in [0.717, 1.165) is 16.6 Å². The van der Waals surface area contributed by atoms with Crippen molar-refractivity contribution in [2.75, 3.05) is 11.5 Å². The molecule has 0 saturated carbocycles. The third-order valence-corrected chi connectivity index (χ3v) is 4.99. The number of nitrogens with zero attached hydrogens (tertiary/aromatic N) is 2. The van der Waals surface area contributed by atoms with Crippen LogP contribution in [0, 0.1) is 5.82 Å². The molecule has 0 bridgehead atoms. The number of aromatic nitrogens is 2. The summed E-state index contributed by atoms with van der Waals surface area (Å²) in [6.07, 6.45) is 1.81. The van der Waals surface area contributed by atoms with Crippen molar-refractivity contribution >= 4 is 22.8 Å². The second-order valence-corrected chi connectivity index (χ2v) is 7.64. The fourth-order valence-electron chi connectivity index (χ4n) is 3.45. The van der Waals surface area contributed by atoms with E-state index in [2.05, 4.69) is 9.97 Å². The van der Waals surface area contributed by atoms with Crippen molar-refractivity contribution in [3.05, 3.63) is 59.7 Å². The molecule has 0 unspecified atom stereocenters. The Morgan fingerprint density at radius 1 is 1.29 bits per heavy atom. The van der Waals surface area contributed by atoms with Gasteiger partial charge in [-0.25, -0.2) is 18.6 Å². The number of halogens is 2. The molecule has 1 saturated heterocycles. The molecule has 1 aromatic heterocycles. The highest BCUT2D eigenvalue weighted by Crippen LogP contribution is 2.35. The van der Waals surface area contributed by atoms with Gasteiger partial charge in [0.15, 0.2) is 0 Å². The molecule has 0 spiro atoms. The standard InChI is InChI=1S/C21H21F2N3O2/c1-21(2,23)8-7-13-3-5-15(16(22)9-13)19-11-28-20(27)26(19)14-4-6-17-18(10-14)25-12-24-17/h3-6,9-10,12,19H,7-8,11H2,1-2H3,(H,24,25)/t19-/m1/s1. The average molecular weight is 385 g/mol. The van der Waals surface area contributed by atoms with Crippen molar-refractivity contribution < 1.29 is 18.3 Å². The summed E-state index contributed by atoms with van der Waals surface area (Å²) in [6.45, 7) is 3.08. The van der Waals surface area contributed by atoms with Crippen molar-refractivity contribution in [1.29, 1.82) is 0 Å². The number of ether oxygens (including phenoxy) is 1. The Labute approximate surface area is 161 Å². The summed E-state index contributed by atoms with van der Waals surface area (Å²) in [4.78, 5) is 21.0. The molecule has 146 valence electrons. The van der Waals surface area contributed by atoms with Gasteiger partial charge in [0.25, 0.3) is 0 Å². The van der Waals surface area contributed by atoms with Gasteiger partial charge in [-0.15, -0.1) is 0 Å². The Bertz CT molecular complexity index is 1030. The molecule has 7 heteroatoms. The number of nitrogens with one attached hydrogen (secondary N) is 1. The van der Waals surface area contributed by atoms with E-state index >= 15 is 0 Å². The molecule has 0 radical (unpaired) electrons. The van der Waals surface area contributed by atoms with E-state index in [4.69, 9.17) is 4.74 Å². The molecule has 1 aliphatic heterocycles. The number of anilines is 1. The third kappa shape index (κ3) is 3.56. The minimum Gasteiger partial charge on any atom is -0.447 e. The van der Waals surface area contributed by atoms with Crippen LogP contribution in [-0.4, -0.2) is 28.3 Å². The SMILES string of the molecule is CC(C)(F)CCc1ccc([C@H]2COC(=O)N2c2ccc3nc[nH]c3c2)c(F)c1. The summed E-state index contributed by atoms with van der Waals surface area (Å²) in [5, 5.41) is 0. The van der Waals surface area contributed by atoms with Gasteiger partial charge in [-0.1, -0.05) is 12.1 Å². The first kappa shape index (κ1) is 18.4. The van der Waals surface area contributed by atoms with Crippen molar-refractivity contribution in [2.45, 2.75) is 38.4 Å². The predicted octanol–water partition coefficient (Wildman–Crippen LogP) is 5.08. The summed E-state index contributed by atoms with van der Waals surface area (Å²) >= 11 is 0. The van der Waals surface area contributed by atoms with Gasteiger partial charge in [0, 0.05) is 5.56 Å². The number of amides is 1. The first-order chi connectivity index (χ1) is 13.3. The molecule has 5 nitrogen and oxygen atoms in total. The molecule has 1 aliphatic rings. The van der Waals surface area contributed by atoms with Crippen LogP contribution < -0.4 is 4.90 Å². The quantitative estimate of drug-likeness (QED) is 0.666. The van der Waals surface area contributed by atoms with Crippen molar-refractivity contribution in [3.63, 3.8) is 0 Å². The molecule has 1 atom stereocenters. The molecule has 1 amide bonds. The molecular formula is C21H21F2N3O2. The van der Waals surface area contributed by atoms with Crippen LogP contribution in [-0.2, 0) is 11.2 Å². The van der Waals surface area contributed by atoms with Crippen LogP contribution in [0.3, 0.4) is 0 Å². The Morgan fingerprint density at radius 2 is 2.11 bits per heavy atom. The molecule has 2 aromatic carbocycles. The maximum Gasteiger partial charge on any atom is 0.415 e. The fraction of sp³-hybridized carbons (Fsp3) is 0.333. The zero-order chi connectivity index (χ0) is 19.9. The molecule has 2 heterocycles. The number of cyclic esters (lactones) is 1. The average Bonchev–Trinajstić information content (AvgIpc) is 3.25. The monoisotopic (exact) mass is 385 g/mol. The molecule has 3 aromatic rings. The Morgan fingerprint density at radius 3 is 2.86 bits per heavy atom. The van der Waals surface area contributed by atoms with E-state index in [-0.39, 0.29) is 6.61 Å². The minimum atomic E-state index is -1.30. The fourth-order valence-corrected chi connectivity index (χ4v) is 3.45. The third-order valence-electron chi connectivity index (χ3n) is 4.99. The predicted molar refractivity (Wildman–Crippen MR) is 103 cm³/mol. The summed E-state index contributed by atoms with van der Waals surface area (Å²) in [5.74, 6) is -0.426. The number of H-pyrrole nitrogens is 1. The second-order valence-electron chi connectivity index (χ2n) is 7.64. The number of alkyl halides is 1. The number of hydrogen-bond donors (Lipinski definition) is 1. The number of rotatable bonds is 5. The van der Waals surface area contributed by atoms with Crippen LogP contribution in [0.2, 0.25) is 0 Å². The Kier molecular flexibility index (Phi) is 4.53. The first-order valence-electron chi connectivity index (χ1n) is 9.18. The van der Waals surface area contributed by atoms with Gasteiger partial charge in [0.05, 0.1) is 23.0 Å². The van der Waals surface area contributed by atoms with Crippen molar-refractivity contribution in [2.24, 2.45) is 0 Å². The van der Waals surface area contributed by atoms with Crippen LogP contribution in [0.5, 0.6) is 0 Å². The van der Waals surface area contributed by atoms with Gasteiger partial charge in [0.2, 0.25) is 0 Å². The van der Waals surface area contributed by atoms with E-state index in [1.54, 1.807) is 36.7 Å². The Hall–Kier alpha value is -2.96. The summed E-state index contributed by atoms with van der Waals surface area (Å²) in [6, 6.07) is 9.63. The lowest BCUT2D eigenvalue weighted by Gasteiger charge is -2.22. The van der Waals surface area contributed by atoms with Crippen molar-refractivity contribution in [3.8, 4) is 0 Å². The summed E-state index contributed by atoms with van der Waals surface area (Å²) < 4.78 is 33.7. The van der Waals surface area contributed by atoms with E-state index in [9.17, 15) is 13.6 Å². The van der Waals surface area contributed by atoms with Gasteiger partial charge >= 0.3 is 6.09 Å². The number of carbonyl (C=O) groups excluding carboxylic acids is 1. The number of carbonyl (C=O) groups is 1. The molecular weight excluding hydrogens is 364 g/mol. The van der Waals surface area contributed by atoms with E-state index in [1.807, 2.05) is 0 Å². The number of benzene rings is 2. The number of aryl methyl sites for hydroxylation is 1. The number of fused-ring (bicyclic) bond motifs is 1. The van der Waals surface area contributed by atoms with Crippen LogP contribution >= 0.6 is 0 Å². The summed E-state index contributed by atoms with van der Waals surface area (Å²) in [7, 11) is 0. The van der Waals surface area contributed by atoms with Crippen LogP contribution in [0.25, 0.3) is 11.0 Å². The second kappa shape index (κ2) is 6.89. The van der Waals surface area contributed by atoms with Gasteiger partial charge in [0.1, 0.15) is 24.1 Å². The molecule has 1 fully saturated rings. The molecule has 1 N–H and O–H groups in total. The lowest BCUT2D eigenvalue weighted by Crippen LogP contribution is -2.27. The van der Waals surface area contributed by atoms with Crippen LogP contribution in [0.4, 0.5) is 19.3 Å². The van der Waals surface area contributed by atoms with Gasteiger partial charge in [-0.3, -0.25) is 4.90 Å². The van der Waals surface area contributed by atoms with E-state index in [0.29, 0.717) is 24.1 Å². The van der Waals surface area contributed by atoms with Gasteiger partial charge in [-0.05, 0) is 56.5 Å². The van der Waals surface area contributed by atoms with E-state index in [1.165, 1.54) is 24.8 Å². The number of imidazole rings is 1. The lowest BCUT2D eigenvalue weighted by molar-refractivity contribution is 0.178. The van der Waals surface area contributed by atoms with E-state index < -0.39 is 23.6 Å². The largest absolute Gasteiger partial charge is 0.447 e. The zero-order valence-corrected chi connectivity index (χ0v) is 15.7. The highest BCUT2D eigenvalue weighted by molar-refractivity contribution is 5.93. The highest BCUT2D eigenvalue weighted by Gasteiger charge is 2.37. The number of hydrogen-bond acceptors (Lipinski definition) is 3. The Balaban J connectivity index is 1.62. The van der Waals surface area contributed by atoms with Gasteiger partial charge in [-0.2, -0.15) is 0 Å². The van der Waals surface area contributed by atoms with Crippen LogP contribution in [0.1, 0.15) is 37.4 Å². The normalized spacial score (nSPS) is 17.4. The van der Waals surface area contributed by atoms with Gasteiger partial charge < -0.3 is 9.72 Å².